The first-order chi connectivity index (χ1) is 6.70. The van der Waals surface area contributed by atoms with Crippen molar-refractivity contribution < 1.29 is 4.79 Å². The lowest BCUT2D eigenvalue weighted by atomic mass is 10.2. The minimum Gasteiger partial charge on any atom is -0.352 e. The molecule has 4 heteroatoms. The SMILES string of the molecule is CNC(=O)c1nc2ccc(C)cc2[nH]1. The summed E-state index contributed by atoms with van der Waals surface area (Å²) in [6.45, 7) is 2.00. The molecule has 0 saturated carbocycles. The standard InChI is InChI=1S/C10H11N3O/c1-6-3-4-7-8(5-6)13-9(12-7)10(14)11-2/h3-5H,1-2H3,(H,11,14)(H,12,13). The second-order valence-electron chi connectivity index (χ2n) is 3.19. The lowest BCUT2D eigenvalue weighted by molar-refractivity contribution is 0.0954. The summed E-state index contributed by atoms with van der Waals surface area (Å²) in [5, 5.41) is 2.52. The van der Waals surface area contributed by atoms with E-state index in [0.29, 0.717) is 5.82 Å². The first kappa shape index (κ1) is 8.74. The molecule has 1 amide bonds. The van der Waals surface area contributed by atoms with Gasteiger partial charge in [-0.15, -0.1) is 0 Å². The third kappa shape index (κ3) is 1.35. The maximum Gasteiger partial charge on any atom is 0.286 e. The van der Waals surface area contributed by atoms with Gasteiger partial charge in [-0.05, 0) is 24.6 Å². The highest BCUT2D eigenvalue weighted by Crippen LogP contribution is 2.12. The fraction of sp³-hybridized carbons (Fsp3) is 0.200. The van der Waals surface area contributed by atoms with Gasteiger partial charge in [0.25, 0.3) is 5.91 Å². The second kappa shape index (κ2) is 3.14. The zero-order valence-electron chi connectivity index (χ0n) is 8.09. The first-order valence-electron chi connectivity index (χ1n) is 4.39. The Morgan fingerprint density at radius 3 is 3.00 bits per heavy atom. The van der Waals surface area contributed by atoms with Gasteiger partial charge in [0, 0.05) is 7.05 Å². The molecule has 72 valence electrons. The third-order valence-electron chi connectivity index (χ3n) is 2.08. The number of hydrogen-bond acceptors (Lipinski definition) is 2. The van der Waals surface area contributed by atoms with Crippen LogP contribution >= 0.6 is 0 Å². The van der Waals surface area contributed by atoms with Gasteiger partial charge in [0.2, 0.25) is 0 Å². The summed E-state index contributed by atoms with van der Waals surface area (Å²) < 4.78 is 0. The molecule has 4 nitrogen and oxygen atoms in total. The number of imidazole rings is 1. The number of nitrogens with zero attached hydrogens (tertiary/aromatic N) is 1. The number of carbonyl (C=O) groups is 1. The zero-order valence-corrected chi connectivity index (χ0v) is 8.09. The molecule has 2 aromatic rings. The minimum absolute atomic E-state index is 0.196. The van der Waals surface area contributed by atoms with Crippen LogP contribution in [0.2, 0.25) is 0 Å². The fourth-order valence-corrected chi connectivity index (χ4v) is 1.35. The molecule has 0 spiro atoms. The molecule has 2 N–H and O–H groups in total. The van der Waals surface area contributed by atoms with Gasteiger partial charge >= 0.3 is 0 Å². The highest BCUT2D eigenvalue weighted by atomic mass is 16.2. The van der Waals surface area contributed by atoms with Gasteiger partial charge in [0.05, 0.1) is 11.0 Å². The molecule has 14 heavy (non-hydrogen) atoms. The molecule has 0 aliphatic rings. The van der Waals surface area contributed by atoms with Gasteiger partial charge in [-0.3, -0.25) is 4.79 Å². The number of benzene rings is 1. The summed E-state index contributed by atoms with van der Waals surface area (Å²) >= 11 is 0. The van der Waals surface area contributed by atoms with Crippen molar-refractivity contribution in [2.75, 3.05) is 7.05 Å². The Morgan fingerprint density at radius 2 is 2.29 bits per heavy atom. The molecule has 1 aromatic heterocycles. The van der Waals surface area contributed by atoms with Crippen LogP contribution in [0.1, 0.15) is 16.2 Å². The van der Waals surface area contributed by atoms with Crippen LogP contribution in [-0.4, -0.2) is 22.9 Å². The quantitative estimate of drug-likeness (QED) is 0.708. The third-order valence-corrected chi connectivity index (χ3v) is 2.08. The number of aryl methyl sites for hydroxylation is 1. The van der Waals surface area contributed by atoms with E-state index >= 15 is 0 Å². The number of amides is 1. The molecule has 2 rings (SSSR count). The van der Waals surface area contributed by atoms with Crippen LogP contribution in [0.4, 0.5) is 0 Å². The summed E-state index contributed by atoms with van der Waals surface area (Å²) in [7, 11) is 1.58. The van der Waals surface area contributed by atoms with Crippen LogP contribution in [0.3, 0.4) is 0 Å². The topological polar surface area (TPSA) is 57.8 Å². The predicted molar refractivity (Wildman–Crippen MR) is 54.2 cm³/mol. The largest absolute Gasteiger partial charge is 0.352 e. The van der Waals surface area contributed by atoms with E-state index in [2.05, 4.69) is 15.3 Å². The molecule has 0 aliphatic heterocycles. The summed E-state index contributed by atoms with van der Waals surface area (Å²) in [5.41, 5.74) is 2.85. The molecular weight excluding hydrogens is 178 g/mol. The molecule has 0 atom stereocenters. The number of nitrogens with one attached hydrogen (secondary N) is 2. The number of hydrogen-bond donors (Lipinski definition) is 2. The van der Waals surface area contributed by atoms with E-state index in [1.54, 1.807) is 7.05 Å². The van der Waals surface area contributed by atoms with Crippen molar-refractivity contribution in [2.45, 2.75) is 6.92 Å². The Balaban J connectivity index is 2.56. The Bertz CT molecular complexity index is 487. The molecule has 0 bridgehead atoms. The van der Waals surface area contributed by atoms with Gasteiger partial charge in [-0.2, -0.15) is 0 Å². The Morgan fingerprint density at radius 1 is 1.50 bits per heavy atom. The number of carbonyl (C=O) groups excluding carboxylic acids is 1. The highest BCUT2D eigenvalue weighted by Gasteiger charge is 2.08. The van der Waals surface area contributed by atoms with Crippen LogP contribution in [0.5, 0.6) is 0 Å². The summed E-state index contributed by atoms with van der Waals surface area (Å²) in [4.78, 5) is 18.4. The van der Waals surface area contributed by atoms with Gasteiger partial charge < -0.3 is 10.3 Å². The van der Waals surface area contributed by atoms with Crippen molar-refractivity contribution in [3.05, 3.63) is 29.6 Å². The van der Waals surface area contributed by atoms with Crippen molar-refractivity contribution in [1.82, 2.24) is 15.3 Å². The smallest absolute Gasteiger partial charge is 0.286 e. The van der Waals surface area contributed by atoms with Gasteiger partial charge in [0.1, 0.15) is 0 Å². The summed E-state index contributed by atoms with van der Waals surface area (Å²) in [5.74, 6) is 0.159. The lowest BCUT2D eigenvalue weighted by Gasteiger charge is -1.91. The van der Waals surface area contributed by atoms with Crippen molar-refractivity contribution >= 4 is 16.9 Å². The average molecular weight is 189 g/mol. The molecule has 0 aliphatic carbocycles. The molecule has 0 radical (unpaired) electrons. The molecule has 1 heterocycles. The van der Waals surface area contributed by atoms with Crippen molar-refractivity contribution in [2.24, 2.45) is 0 Å². The van der Waals surface area contributed by atoms with Crippen molar-refractivity contribution in [3.8, 4) is 0 Å². The van der Waals surface area contributed by atoms with Crippen LogP contribution in [0.25, 0.3) is 11.0 Å². The molecule has 0 saturated heterocycles. The van der Waals surface area contributed by atoms with E-state index < -0.39 is 0 Å². The van der Waals surface area contributed by atoms with E-state index in [4.69, 9.17) is 0 Å². The van der Waals surface area contributed by atoms with Crippen LogP contribution in [0.15, 0.2) is 18.2 Å². The monoisotopic (exact) mass is 189 g/mol. The minimum atomic E-state index is -0.196. The number of aromatic nitrogens is 2. The van der Waals surface area contributed by atoms with E-state index in [9.17, 15) is 4.79 Å². The summed E-state index contributed by atoms with van der Waals surface area (Å²) in [6.07, 6.45) is 0. The zero-order chi connectivity index (χ0) is 10.1. The van der Waals surface area contributed by atoms with Crippen molar-refractivity contribution in [1.29, 1.82) is 0 Å². The van der Waals surface area contributed by atoms with Crippen LogP contribution < -0.4 is 5.32 Å². The van der Waals surface area contributed by atoms with E-state index in [0.717, 1.165) is 16.6 Å². The lowest BCUT2D eigenvalue weighted by Crippen LogP contribution is -2.19. The predicted octanol–water partition coefficient (Wildman–Crippen LogP) is 1.23. The van der Waals surface area contributed by atoms with Crippen molar-refractivity contribution in [3.63, 3.8) is 0 Å². The molecule has 0 fully saturated rings. The van der Waals surface area contributed by atoms with Crippen LogP contribution in [-0.2, 0) is 0 Å². The van der Waals surface area contributed by atoms with Gasteiger partial charge in [-0.25, -0.2) is 4.98 Å². The van der Waals surface area contributed by atoms with E-state index in [1.807, 2.05) is 25.1 Å². The Labute approximate surface area is 81.3 Å². The van der Waals surface area contributed by atoms with E-state index in [1.165, 1.54) is 0 Å². The maximum atomic E-state index is 11.3. The highest BCUT2D eigenvalue weighted by molar-refractivity contribution is 5.93. The number of fused-ring (bicyclic) bond motifs is 1. The molecule has 1 aromatic carbocycles. The molecular formula is C10H11N3O. The fourth-order valence-electron chi connectivity index (χ4n) is 1.35. The number of rotatable bonds is 1. The Kier molecular flexibility index (Phi) is 1.96. The van der Waals surface area contributed by atoms with Gasteiger partial charge in [0.15, 0.2) is 5.82 Å². The summed E-state index contributed by atoms with van der Waals surface area (Å²) in [6, 6.07) is 5.83. The normalized spacial score (nSPS) is 10.4. The van der Waals surface area contributed by atoms with E-state index in [-0.39, 0.29) is 5.91 Å². The van der Waals surface area contributed by atoms with Crippen LogP contribution in [0, 0.1) is 6.92 Å². The average Bonchev–Trinajstić information content (AvgIpc) is 2.59. The maximum absolute atomic E-state index is 11.3. The second-order valence-corrected chi connectivity index (χ2v) is 3.19. The number of aromatic amines is 1. The Hall–Kier alpha value is -1.84. The number of H-pyrrole nitrogens is 1. The first-order valence-corrected chi connectivity index (χ1v) is 4.39. The van der Waals surface area contributed by atoms with Gasteiger partial charge in [-0.1, -0.05) is 6.07 Å². The molecule has 0 unspecified atom stereocenters.